The van der Waals surface area contributed by atoms with Gasteiger partial charge in [0.25, 0.3) is 23.8 Å². The molecule has 4 aromatic heterocycles. The first-order chi connectivity index (χ1) is 60.5. The molecule has 4 aliphatic rings. The highest BCUT2D eigenvalue weighted by molar-refractivity contribution is 8.15. The molecule has 0 aromatic carbocycles. The van der Waals surface area contributed by atoms with Crippen molar-refractivity contribution < 1.29 is 188 Å². The molecule has 4 aliphatic heterocycles. The van der Waals surface area contributed by atoms with Crippen LogP contribution in [0.3, 0.4) is 0 Å². The summed E-state index contributed by atoms with van der Waals surface area (Å²) in [5.41, 5.74) is 0. The molecule has 52 heteroatoms. The van der Waals surface area contributed by atoms with E-state index in [1.54, 1.807) is 76.2 Å². The van der Waals surface area contributed by atoms with E-state index < -0.39 is 168 Å². The van der Waals surface area contributed by atoms with E-state index in [1.165, 1.54) is 55.4 Å². The van der Waals surface area contributed by atoms with Crippen LogP contribution in [0.1, 0.15) is 157 Å². The molecule has 0 bridgehead atoms. The highest BCUT2D eigenvalue weighted by atomic mass is 32.2. The summed E-state index contributed by atoms with van der Waals surface area (Å²) in [5, 5.41) is 15.8. The fraction of sp³-hybridized carbons (Fsp3) is 0.494. The van der Waals surface area contributed by atoms with E-state index in [1.807, 2.05) is 0 Å². The molecule has 4 atom stereocenters. The van der Waals surface area contributed by atoms with Crippen LogP contribution in [-0.2, 0) is 136 Å². The molecular weight excluding hydrogens is 1840 g/mol. The first kappa shape index (κ1) is 110. The summed E-state index contributed by atoms with van der Waals surface area (Å²) in [6, 6.07) is -5.40. The first-order valence-corrected chi connectivity index (χ1v) is 41.0. The van der Waals surface area contributed by atoms with E-state index in [0.717, 1.165) is 7.11 Å². The number of carbonyl (C=O) groups is 12. The second-order valence-electron chi connectivity index (χ2n) is 28.6. The van der Waals surface area contributed by atoms with Crippen molar-refractivity contribution in [2.45, 2.75) is 215 Å². The molecule has 0 fully saturated rings. The summed E-state index contributed by atoms with van der Waals surface area (Å²) in [7, 11) is 1.13. The molecule has 0 spiro atoms. The number of ether oxygens (including phenoxy) is 19. The molecule has 4 aromatic rings. The van der Waals surface area contributed by atoms with Crippen molar-refractivity contribution in [2.75, 3.05) is 40.1 Å². The van der Waals surface area contributed by atoms with E-state index in [4.69, 9.17) is 108 Å². The molecule has 0 saturated heterocycles. The zero-order valence-corrected chi connectivity index (χ0v) is 77.0. The molecule has 8 rings (SSSR count). The Kier molecular flexibility index (Phi) is 41.5. The zero-order valence-electron chi connectivity index (χ0n) is 73.7. The maximum Gasteiger partial charge on any atom is 0.519 e. The van der Waals surface area contributed by atoms with E-state index in [-0.39, 0.29) is 133 Å². The van der Waals surface area contributed by atoms with Crippen molar-refractivity contribution in [2.24, 2.45) is 0 Å². The van der Waals surface area contributed by atoms with Crippen LogP contribution >= 0.6 is 47.0 Å². The quantitative estimate of drug-likeness (QED) is 0.0214. The van der Waals surface area contributed by atoms with E-state index in [9.17, 15) is 81.8 Å². The monoisotopic (exact) mass is 1940 g/mol. The maximum absolute atomic E-state index is 12.7. The Bertz CT molecular complexity index is 5280. The Labute approximate surface area is 761 Å². The van der Waals surface area contributed by atoms with Gasteiger partial charge in [0.15, 0.2) is 122 Å². The van der Waals surface area contributed by atoms with Crippen LogP contribution in [0, 0.1) is 27.7 Å². The molecule has 0 unspecified atom stereocenters. The average Bonchev–Trinajstić information content (AvgIpc) is 1.63. The van der Waals surface area contributed by atoms with Crippen molar-refractivity contribution >= 4 is 117 Å². The number of amides is 4. The smallest absolute Gasteiger partial charge is 0.480 e. The second-order valence-corrected chi connectivity index (χ2v) is 35.0. The molecule has 4 amide bonds. The normalized spacial score (nSPS) is 14.3. The molecule has 0 saturated carbocycles. The lowest BCUT2D eigenvalue weighted by Crippen LogP contribution is -2.54. The van der Waals surface area contributed by atoms with Crippen molar-refractivity contribution in [3.63, 3.8) is 0 Å². The summed E-state index contributed by atoms with van der Waals surface area (Å²) in [5.74, 6) is -3.95. The van der Waals surface area contributed by atoms with E-state index >= 15 is 0 Å². The van der Waals surface area contributed by atoms with Gasteiger partial charge in [-0.2, -0.15) is 0 Å². The van der Waals surface area contributed by atoms with E-state index in [0.29, 0.717) is 70.1 Å². The number of nitrogens with one attached hydrogen (secondary N) is 4. The topological polar surface area (TPSA) is 622 Å². The third-order valence-corrected chi connectivity index (χ3v) is 20.7. The number of aliphatic carboxylic acids is 1. The second kappa shape index (κ2) is 49.4. The van der Waals surface area contributed by atoms with Crippen molar-refractivity contribution in [1.82, 2.24) is 21.3 Å². The van der Waals surface area contributed by atoms with Crippen LogP contribution in [0.5, 0.6) is 0 Å². The number of rotatable bonds is 34. The summed E-state index contributed by atoms with van der Waals surface area (Å²) >= 11 is 2.54. The number of carbonyl (C=O) groups excluding carboxylic acids is 11. The summed E-state index contributed by atoms with van der Waals surface area (Å²) in [4.78, 5) is 192. The lowest BCUT2D eigenvalue weighted by molar-refractivity contribution is -0.150. The fourth-order valence-electron chi connectivity index (χ4n) is 9.98. The summed E-state index contributed by atoms with van der Waals surface area (Å²) in [6.45, 7) is 40.8. The number of methoxy groups -OCH3 is 1. The number of hydrogen-bond donors (Lipinski definition) is 5. The molecule has 131 heavy (non-hydrogen) atoms. The number of alkyl carbamates (subject to hydrolysis) is 4. The molecule has 0 aliphatic carbocycles. The third-order valence-electron chi connectivity index (χ3n) is 16.6. The standard InChI is InChI=1S/C21H27NO11S.C20H25NO11S.C19H23NO11S.C18H21NO11S.CH4/c1-10(2)29-17(23)16(22-18(24)27-8-15-12(4)31-19(25)33-15)21(6,7)34-20(26)28-9-14-11(3)30-13(5)32-14;1-7-26-16(22)15(21-17(23)27-8-14-11(3)30-18(24)32-14)20(5,6)33-19(25)28-9-13-10(2)29-12(4)31-13;1-9-12(30-11(3)28-9)8-27-18(24)32-19(4,5)14(15(21)25-6)20-16(22)26-7-13-10(2)29-17(23)31-13;1-8-11(29-10(3)27-8)7-26-17(24)31-18(4,5)13(14(20)21)19-15(22)25-6-12-9(2)28-16(23)30-12;/h10,16H,5,8-9H2,1-4,6-7H3,(H,22,24);15H,4,7-9H2,1-3,5-6H3,(H,21,23);14H,3,7-8H2,1-2,4-6H3,(H,20,22);13H,3,6-7H2,1-2,4-5H3,(H,19,22)(H,20,21);1H4/t16-;15-;14-;13-;/m0000./s1. The van der Waals surface area contributed by atoms with Gasteiger partial charge in [-0.25, -0.2) is 76.7 Å². The van der Waals surface area contributed by atoms with Gasteiger partial charge in [-0.15, -0.1) is 0 Å². The van der Waals surface area contributed by atoms with Gasteiger partial charge in [0, 0.05) is 0 Å². The summed E-state index contributed by atoms with van der Waals surface area (Å²) in [6.07, 6.45) is -4.61. The zero-order chi connectivity index (χ0) is 97.8. The Balaban J connectivity index is 0.000000365. The number of esters is 3. The molecule has 8 heterocycles. The Morgan fingerprint density at radius 2 is 0.573 bits per heavy atom. The average molecular weight is 1940 g/mol. The lowest BCUT2D eigenvalue weighted by atomic mass is 10.0. The predicted octanol–water partition coefficient (Wildman–Crippen LogP) is 12.5. The number of hydrogen-bond acceptors (Lipinski definition) is 47. The van der Waals surface area contributed by atoms with Crippen molar-refractivity contribution in [1.29, 1.82) is 0 Å². The van der Waals surface area contributed by atoms with Crippen LogP contribution in [0.25, 0.3) is 0 Å². The molecule has 0 radical (unpaired) electrons. The van der Waals surface area contributed by atoms with E-state index in [2.05, 4.69) is 65.3 Å². The largest absolute Gasteiger partial charge is 0.519 e. The van der Waals surface area contributed by atoms with Crippen LogP contribution in [0.4, 0.5) is 38.4 Å². The van der Waals surface area contributed by atoms with Gasteiger partial charge in [-0.05, 0) is 205 Å². The molecule has 5 N–H and O–H groups in total. The van der Waals surface area contributed by atoms with Crippen molar-refractivity contribution in [3.05, 3.63) is 185 Å². The predicted molar refractivity (Wildman–Crippen MR) is 449 cm³/mol. The minimum Gasteiger partial charge on any atom is -0.480 e. The Morgan fingerprint density at radius 1 is 0.344 bits per heavy atom. The van der Waals surface area contributed by atoms with Gasteiger partial charge < -0.3 is 152 Å². The van der Waals surface area contributed by atoms with Gasteiger partial charge in [-0.3, -0.25) is 0 Å². The van der Waals surface area contributed by atoms with Crippen LogP contribution in [0.15, 0.2) is 151 Å². The van der Waals surface area contributed by atoms with Gasteiger partial charge in [0.2, 0.25) is 0 Å². The van der Waals surface area contributed by atoms with Crippen molar-refractivity contribution in [3.8, 4) is 0 Å². The number of carboxylic acid groups (broad SMARTS) is 1. The fourth-order valence-corrected chi connectivity index (χ4v) is 13.3. The molecule has 724 valence electrons. The third kappa shape index (κ3) is 35.5. The Morgan fingerprint density at radius 3 is 0.771 bits per heavy atom. The van der Waals surface area contributed by atoms with Gasteiger partial charge >= 0.3 is 92.7 Å². The van der Waals surface area contributed by atoms with Crippen LogP contribution in [-0.4, -0.2) is 164 Å². The summed E-state index contributed by atoms with van der Waals surface area (Å²) < 4.78 is 129. The minimum atomic E-state index is -1.53. The number of carboxylic acids is 1. The lowest BCUT2D eigenvalue weighted by Gasteiger charge is -2.31. The molecular formula is C79H100N4O44S4. The number of thioether (sulfide) groups is 4. The Hall–Kier alpha value is -13.4. The first-order valence-electron chi connectivity index (χ1n) is 37.7. The highest BCUT2D eigenvalue weighted by Gasteiger charge is 2.46. The minimum absolute atomic E-state index is 0. The van der Waals surface area contributed by atoms with Gasteiger partial charge in [-0.1, -0.05) is 7.43 Å². The molecule has 48 nitrogen and oxygen atoms in total. The number of allylic oxidation sites excluding steroid dienone is 4. The van der Waals surface area contributed by atoms with Crippen LogP contribution in [0.2, 0.25) is 0 Å². The van der Waals surface area contributed by atoms with Crippen LogP contribution < -0.4 is 44.6 Å². The highest BCUT2D eigenvalue weighted by Crippen LogP contribution is 2.37. The number of aryl methyl sites for hydroxylation is 4. The SMILES string of the molecule is C.C=C1OC(C)=C(COC(=O)SC(C)(C)[C@@H](NC(=O)OCc2oc(=O)oc2C)C(=O)O)O1.C=C1OC(C)=C(COC(=O)SC(C)(C)[C@@H](NC(=O)OCc2oc(=O)oc2C)C(=O)OC(C)C)O1.C=C1OC(C)=C(COC(=O)SC(C)(C)[C@@H](NC(=O)OCc2oc(=O)oc2C)C(=O)OC)O1.C=C1OC(C)=C(COC(=O)SC(C)(C)[C@@H](NC(=O)OCc2oc(=O)oc2C)C(=O)OCC)O1. The maximum atomic E-state index is 12.7. The van der Waals surface area contributed by atoms with Gasteiger partial charge in [0.1, 0.15) is 47.2 Å². The van der Waals surface area contributed by atoms with Gasteiger partial charge in [0.05, 0.1) is 38.8 Å².